The SMILES string of the molecule is CC1(C)C(C=C(Cl)Cl)C1C(=O)OC1C=C(c2ccccc2)c2ccccc21. The highest BCUT2D eigenvalue weighted by molar-refractivity contribution is 6.55. The average molecular weight is 399 g/mol. The molecule has 3 atom stereocenters. The van der Waals surface area contributed by atoms with Crippen molar-refractivity contribution in [3.63, 3.8) is 0 Å². The molecule has 4 rings (SSSR count). The van der Waals surface area contributed by atoms with Gasteiger partial charge in [-0.25, -0.2) is 0 Å². The number of carbonyl (C=O) groups is 1. The fourth-order valence-electron chi connectivity index (χ4n) is 4.06. The standard InChI is InChI=1S/C23H20Cl2O2/c1-23(2)18(13-20(24)25)21(23)22(26)27-19-12-17(14-8-4-3-5-9-14)15-10-6-7-11-16(15)19/h3-13,18-19,21H,1-2H3. The van der Waals surface area contributed by atoms with Gasteiger partial charge in [-0.1, -0.05) is 91.6 Å². The van der Waals surface area contributed by atoms with E-state index >= 15 is 0 Å². The second-order valence-electron chi connectivity index (χ2n) is 7.67. The number of carbonyl (C=O) groups excluding carboxylic acids is 1. The molecule has 0 radical (unpaired) electrons. The van der Waals surface area contributed by atoms with Gasteiger partial charge >= 0.3 is 5.97 Å². The molecule has 0 bridgehead atoms. The summed E-state index contributed by atoms with van der Waals surface area (Å²) in [5, 5.41) is 0. The molecule has 2 aromatic rings. The van der Waals surface area contributed by atoms with Crippen LogP contribution in [0.2, 0.25) is 0 Å². The van der Waals surface area contributed by atoms with Crippen LogP contribution in [-0.2, 0) is 9.53 Å². The monoisotopic (exact) mass is 398 g/mol. The second kappa shape index (κ2) is 6.85. The molecule has 0 heterocycles. The molecule has 0 aromatic heterocycles. The molecule has 4 heteroatoms. The van der Waals surface area contributed by atoms with Crippen molar-refractivity contribution in [2.75, 3.05) is 0 Å². The Kier molecular flexibility index (Phi) is 4.65. The summed E-state index contributed by atoms with van der Waals surface area (Å²) >= 11 is 11.6. The van der Waals surface area contributed by atoms with E-state index in [0.29, 0.717) is 0 Å². The Morgan fingerprint density at radius 1 is 1.04 bits per heavy atom. The highest BCUT2D eigenvalue weighted by Crippen LogP contribution is 2.60. The number of ether oxygens (including phenoxy) is 1. The zero-order valence-corrected chi connectivity index (χ0v) is 16.7. The first-order chi connectivity index (χ1) is 12.9. The van der Waals surface area contributed by atoms with Gasteiger partial charge in [0.15, 0.2) is 0 Å². The van der Waals surface area contributed by atoms with Crippen LogP contribution < -0.4 is 0 Å². The van der Waals surface area contributed by atoms with Crippen molar-refractivity contribution in [2.45, 2.75) is 20.0 Å². The summed E-state index contributed by atoms with van der Waals surface area (Å²) in [6.07, 6.45) is 3.40. The smallest absolute Gasteiger partial charge is 0.311 e. The van der Waals surface area contributed by atoms with E-state index in [1.807, 2.05) is 56.3 Å². The lowest BCUT2D eigenvalue weighted by Gasteiger charge is -2.13. The van der Waals surface area contributed by atoms with E-state index in [9.17, 15) is 4.79 Å². The van der Waals surface area contributed by atoms with Crippen molar-refractivity contribution in [3.05, 3.63) is 87.9 Å². The fraction of sp³-hybridized carbons (Fsp3) is 0.261. The third kappa shape index (κ3) is 3.33. The fourth-order valence-corrected chi connectivity index (χ4v) is 4.33. The van der Waals surface area contributed by atoms with Gasteiger partial charge in [-0.15, -0.1) is 0 Å². The molecule has 138 valence electrons. The van der Waals surface area contributed by atoms with Crippen LogP contribution in [0.4, 0.5) is 0 Å². The van der Waals surface area contributed by atoms with Gasteiger partial charge in [0.05, 0.1) is 5.92 Å². The van der Waals surface area contributed by atoms with Crippen molar-refractivity contribution in [3.8, 4) is 0 Å². The average Bonchev–Trinajstić information content (AvgIpc) is 3.00. The lowest BCUT2D eigenvalue weighted by molar-refractivity contribution is -0.149. The molecular formula is C23H20Cl2O2. The minimum atomic E-state index is -0.378. The van der Waals surface area contributed by atoms with E-state index in [-0.39, 0.29) is 33.8 Å². The summed E-state index contributed by atoms with van der Waals surface area (Å²) in [4.78, 5) is 12.9. The van der Waals surface area contributed by atoms with E-state index in [2.05, 4.69) is 18.2 Å². The molecule has 0 spiro atoms. The van der Waals surface area contributed by atoms with Gasteiger partial charge in [-0.2, -0.15) is 0 Å². The minimum absolute atomic E-state index is 0.00391. The number of benzene rings is 2. The van der Waals surface area contributed by atoms with Crippen LogP contribution in [0.3, 0.4) is 0 Å². The lowest BCUT2D eigenvalue weighted by atomic mass is 9.99. The van der Waals surface area contributed by atoms with Crippen molar-refractivity contribution in [2.24, 2.45) is 17.3 Å². The number of halogens is 2. The molecule has 1 fully saturated rings. The van der Waals surface area contributed by atoms with Crippen LogP contribution in [0.5, 0.6) is 0 Å². The number of fused-ring (bicyclic) bond motifs is 1. The molecule has 3 unspecified atom stereocenters. The maximum atomic E-state index is 12.9. The Hall–Kier alpha value is -2.03. The Morgan fingerprint density at radius 3 is 2.41 bits per heavy atom. The van der Waals surface area contributed by atoms with Gasteiger partial charge in [-0.05, 0) is 40.2 Å². The molecule has 2 aliphatic rings. The summed E-state index contributed by atoms with van der Waals surface area (Å²) in [5.74, 6) is -0.434. The Labute approximate surface area is 169 Å². The molecular weight excluding hydrogens is 379 g/mol. The van der Waals surface area contributed by atoms with E-state index in [1.165, 1.54) is 0 Å². The molecule has 0 aliphatic heterocycles. The van der Waals surface area contributed by atoms with Crippen molar-refractivity contribution in [1.82, 2.24) is 0 Å². The summed E-state index contributed by atoms with van der Waals surface area (Å²) < 4.78 is 6.13. The maximum Gasteiger partial charge on any atom is 0.311 e. The maximum absolute atomic E-state index is 12.9. The minimum Gasteiger partial charge on any atom is -0.453 e. The summed E-state index contributed by atoms with van der Waals surface area (Å²) in [6.45, 7) is 4.06. The highest BCUT2D eigenvalue weighted by atomic mass is 35.5. The Balaban J connectivity index is 1.60. The summed E-state index contributed by atoms with van der Waals surface area (Å²) in [5.41, 5.74) is 4.14. The van der Waals surface area contributed by atoms with E-state index in [1.54, 1.807) is 6.08 Å². The first-order valence-electron chi connectivity index (χ1n) is 8.99. The summed E-state index contributed by atoms with van der Waals surface area (Å²) in [7, 11) is 0. The van der Waals surface area contributed by atoms with Gasteiger partial charge in [0.2, 0.25) is 0 Å². The molecule has 27 heavy (non-hydrogen) atoms. The topological polar surface area (TPSA) is 26.3 Å². The van der Waals surface area contributed by atoms with Gasteiger partial charge in [0, 0.05) is 5.56 Å². The quantitative estimate of drug-likeness (QED) is 0.564. The predicted octanol–water partition coefficient (Wildman–Crippen LogP) is 6.31. The molecule has 2 nitrogen and oxygen atoms in total. The molecule has 2 aromatic carbocycles. The molecule has 0 amide bonds. The Bertz CT molecular complexity index is 940. The number of rotatable bonds is 4. The number of esters is 1. The van der Waals surface area contributed by atoms with Crippen LogP contribution >= 0.6 is 23.2 Å². The molecule has 0 N–H and O–H groups in total. The van der Waals surface area contributed by atoms with Crippen LogP contribution in [0, 0.1) is 17.3 Å². The van der Waals surface area contributed by atoms with Crippen LogP contribution in [-0.4, -0.2) is 5.97 Å². The predicted molar refractivity (Wildman–Crippen MR) is 109 cm³/mol. The van der Waals surface area contributed by atoms with E-state index in [0.717, 1.165) is 22.3 Å². The molecule has 0 saturated heterocycles. The molecule has 1 saturated carbocycles. The number of hydrogen-bond acceptors (Lipinski definition) is 2. The zero-order chi connectivity index (χ0) is 19.2. The van der Waals surface area contributed by atoms with Crippen molar-refractivity contribution in [1.29, 1.82) is 0 Å². The van der Waals surface area contributed by atoms with Crippen molar-refractivity contribution < 1.29 is 9.53 Å². The number of allylic oxidation sites excluding steroid dienone is 1. The van der Waals surface area contributed by atoms with Gasteiger partial charge in [0.1, 0.15) is 10.6 Å². The van der Waals surface area contributed by atoms with Crippen LogP contribution in [0.15, 0.2) is 71.2 Å². The van der Waals surface area contributed by atoms with E-state index in [4.69, 9.17) is 27.9 Å². The van der Waals surface area contributed by atoms with Crippen molar-refractivity contribution >= 4 is 34.7 Å². The first kappa shape index (κ1) is 18.3. The third-order valence-corrected chi connectivity index (χ3v) is 5.93. The zero-order valence-electron chi connectivity index (χ0n) is 15.2. The second-order valence-corrected chi connectivity index (χ2v) is 8.68. The van der Waals surface area contributed by atoms with Crippen LogP contribution in [0.25, 0.3) is 5.57 Å². The van der Waals surface area contributed by atoms with Gasteiger partial charge < -0.3 is 4.74 Å². The Morgan fingerprint density at radius 2 is 1.70 bits per heavy atom. The first-order valence-corrected chi connectivity index (χ1v) is 9.75. The summed E-state index contributed by atoms with van der Waals surface area (Å²) in [6, 6.07) is 18.2. The normalized spacial score (nSPS) is 24.6. The molecule has 2 aliphatic carbocycles. The lowest BCUT2D eigenvalue weighted by Crippen LogP contribution is -2.13. The largest absolute Gasteiger partial charge is 0.453 e. The van der Waals surface area contributed by atoms with Crippen LogP contribution in [0.1, 0.15) is 36.6 Å². The third-order valence-electron chi connectivity index (χ3n) is 5.67. The van der Waals surface area contributed by atoms with Gasteiger partial charge in [-0.3, -0.25) is 4.79 Å². The highest BCUT2D eigenvalue weighted by Gasteiger charge is 2.62. The van der Waals surface area contributed by atoms with Gasteiger partial charge in [0.25, 0.3) is 0 Å². The van der Waals surface area contributed by atoms with E-state index < -0.39 is 0 Å². The number of hydrogen-bond donors (Lipinski definition) is 0.